The van der Waals surface area contributed by atoms with Crippen molar-refractivity contribution in [2.24, 2.45) is 5.41 Å². The van der Waals surface area contributed by atoms with Crippen molar-refractivity contribution in [2.45, 2.75) is 30.9 Å². The second-order valence-corrected chi connectivity index (χ2v) is 7.00. The fourth-order valence-electron chi connectivity index (χ4n) is 2.82. The predicted octanol–water partition coefficient (Wildman–Crippen LogP) is 4.67. The number of hydrogen-bond acceptors (Lipinski definition) is 5. The van der Waals surface area contributed by atoms with Crippen LogP contribution in [0.5, 0.6) is 0 Å². The first-order chi connectivity index (χ1) is 11.7. The SMILES string of the molecule is N#CC1(CCCSc2ncc(-c3ccc(F)cc3)o2)CCOCC1. The third-order valence-corrected chi connectivity index (χ3v) is 5.25. The van der Waals surface area contributed by atoms with E-state index >= 15 is 0 Å². The quantitative estimate of drug-likeness (QED) is 0.562. The van der Waals surface area contributed by atoms with Gasteiger partial charge in [0.1, 0.15) is 5.82 Å². The molecule has 6 heteroatoms. The molecule has 0 bridgehead atoms. The topological polar surface area (TPSA) is 59.0 Å². The molecule has 1 saturated heterocycles. The van der Waals surface area contributed by atoms with Crippen molar-refractivity contribution in [2.75, 3.05) is 19.0 Å². The number of thioether (sulfide) groups is 1. The van der Waals surface area contributed by atoms with E-state index in [9.17, 15) is 9.65 Å². The van der Waals surface area contributed by atoms with Crippen LogP contribution in [0.25, 0.3) is 11.3 Å². The van der Waals surface area contributed by atoms with Crippen LogP contribution in [0.4, 0.5) is 4.39 Å². The average molecular weight is 346 g/mol. The summed E-state index contributed by atoms with van der Waals surface area (Å²) in [6.45, 7) is 1.36. The Bertz CT molecular complexity index is 703. The number of rotatable bonds is 6. The van der Waals surface area contributed by atoms with Gasteiger partial charge in [-0.15, -0.1) is 0 Å². The molecular weight excluding hydrogens is 327 g/mol. The zero-order valence-electron chi connectivity index (χ0n) is 13.3. The van der Waals surface area contributed by atoms with Crippen molar-refractivity contribution < 1.29 is 13.5 Å². The first kappa shape index (κ1) is 17.0. The summed E-state index contributed by atoms with van der Waals surface area (Å²) in [5.41, 5.74) is 0.579. The summed E-state index contributed by atoms with van der Waals surface area (Å²) in [5, 5.41) is 10.0. The molecule has 0 atom stereocenters. The number of nitrogens with zero attached hydrogens (tertiary/aromatic N) is 2. The summed E-state index contributed by atoms with van der Waals surface area (Å²) in [7, 11) is 0. The van der Waals surface area contributed by atoms with Gasteiger partial charge in [0, 0.05) is 24.5 Å². The van der Waals surface area contributed by atoms with E-state index in [1.165, 1.54) is 12.1 Å². The minimum atomic E-state index is -0.271. The van der Waals surface area contributed by atoms with E-state index in [0.29, 0.717) is 24.2 Å². The molecule has 1 aliphatic rings. The Morgan fingerprint density at radius 1 is 1.25 bits per heavy atom. The molecule has 1 aromatic heterocycles. The van der Waals surface area contributed by atoms with Crippen LogP contribution in [0.3, 0.4) is 0 Å². The molecule has 1 aromatic carbocycles. The van der Waals surface area contributed by atoms with Crippen molar-refractivity contribution in [3.8, 4) is 17.4 Å². The number of ether oxygens (including phenoxy) is 1. The molecule has 0 N–H and O–H groups in total. The van der Waals surface area contributed by atoms with E-state index in [1.807, 2.05) is 0 Å². The van der Waals surface area contributed by atoms with Gasteiger partial charge in [0.15, 0.2) is 5.76 Å². The van der Waals surface area contributed by atoms with Gasteiger partial charge in [0.2, 0.25) is 0 Å². The number of nitriles is 1. The Balaban J connectivity index is 1.49. The molecule has 2 aromatic rings. The smallest absolute Gasteiger partial charge is 0.256 e. The number of hydrogen-bond donors (Lipinski definition) is 0. The molecule has 1 aliphatic heterocycles. The van der Waals surface area contributed by atoms with E-state index in [0.717, 1.165) is 37.0 Å². The Morgan fingerprint density at radius 3 is 2.71 bits per heavy atom. The first-order valence-electron chi connectivity index (χ1n) is 8.04. The molecule has 0 radical (unpaired) electrons. The molecule has 0 unspecified atom stereocenters. The van der Waals surface area contributed by atoms with Crippen molar-refractivity contribution in [3.05, 3.63) is 36.3 Å². The lowest BCUT2D eigenvalue weighted by Gasteiger charge is -2.30. The second kappa shape index (κ2) is 7.82. The average Bonchev–Trinajstić information content (AvgIpc) is 3.09. The Hall–Kier alpha value is -1.84. The van der Waals surface area contributed by atoms with Gasteiger partial charge in [0.25, 0.3) is 5.22 Å². The first-order valence-corrected chi connectivity index (χ1v) is 9.03. The molecule has 0 spiro atoms. The summed E-state index contributed by atoms with van der Waals surface area (Å²) in [6, 6.07) is 8.64. The van der Waals surface area contributed by atoms with Crippen LogP contribution in [-0.4, -0.2) is 24.0 Å². The second-order valence-electron chi connectivity index (χ2n) is 5.95. The Labute approximate surface area is 145 Å². The van der Waals surface area contributed by atoms with Gasteiger partial charge in [0.05, 0.1) is 17.7 Å². The lowest BCUT2D eigenvalue weighted by molar-refractivity contribution is 0.0368. The molecule has 0 amide bonds. The van der Waals surface area contributed by atoms with Crippen molar-refractivity contribution in [1.29, 1.82) is 5.26 Å². The van der Waals surface area contributed by atoms with E-state index in [1.54, 1.807) is 30.1 Å². The third kappa shape index (κ3) is 4.16. The van der Waals surface area contributed by atoms with Crippen LogP contribution in [0.1, 0.15) is 25.7 Å². The summed E-state index contributed by atoms with van der Waals surface area (Å²) >= 11 is 1.54. The van der Waals surface area contributed by atoms with Crippen LogP contribution in [0.15, 0.2) is 40.1 Å². The summed E-state index contributed by atoms with van der Waals surface area (Å²) in [4.78, 5) is 4.25. The van der Waals surface area contributed by atoms with E-state index in [4.69, 9.17) is 9.15 Å². The fourth-order valence-corrected chi connectivity index (χ4v) is 3.56. The van der Waals surface area contributed by atoms with Crippen molar-refractivity contribution in [3.63, 3.8) is 0 Å². The van der Waals surface area contributed by atoms with Crippen LogP contribution in [-0.2, 0) is 4.74 Å². The van der Waals surface area contributed by atoms with Crippen LogP contribution in [0.2, 0.25) is 0 Å². The van der Waals surface area contributed by atoms with Crippen LogP contribution >= 0.6 is 11.8 Å². The molecule has 3 rings (SSSR count). The number of oxazole rings is 1. The summed E-state index contributed by atoms with van der Waals surface area (Å²) in [6.07, 6.45) is 5.12. The van der Waals surface area contributed by atoms with Gasteiger partial charge in [-0.05, 0) is 49.9 Å². The lowest BCUT2D eigenvalue weighted by Crippen LogP contribution is -2.28. The zero-order chi connectivity index (χ0) is 16.8. The van der Waals surface area contributed by atoms with Crippen molar-refractivity contribution >= 4 is 11.8 Å². The molecule has 0 aliphatic carbocycles. The molecule has 2 heterocycles. The largest absolute Gasteiger partial charge is 0.431 e. The maximum atomic E-state index is 12.9. The molecule has 126 valence electrons. The molecule has 1 fully saturated rings. The minimum Gasteiger partial charge on any atom is -0.431 e. The van der Waals surface area contributed by atoms with Gasteiger partial charge < -0.3 is 9.15 Å². The van der Waals surface area contributed by atoms with Gasteiger partial charge >= 0.3 is 0 Å². The molecule has 24 heavy (non-hydrogen) atoms. The molecule has 4 nitrogen and oxygen atoms in total. The van der Waals surface area contributed by atoms with E-state index < -0.39 is 0 Å². The number of benzene rings is 1. The van der Waals surface area contributed by atoms with Crippen LogP contribution < -0.4 is 0 Å². The molecular formula is C18H19FN2O2S. The highest BCUT2D eigenvalue weighted by Gasteiger charge is 2.31. The normalized spacial score (nSPS) is 16.7. The summed E-state index contributed by atoms with van der Waals surface area (Å²) < 4.78 is 24.0. The Kier molecular flexibility index (Phi) is 5.54. The minimum absolute atomic E-state index is 0.228. The lowest BCUT2D eigenvalue weighted by atomic mass is 9.78. The number of aromatic nitrogens is 1. The van der Waals surface area contributed by atoms with Gasteiger partial charge in [-0.3, -0.25) is 0 Å². The van der Waals surface area contributed by atoms with E-state index in [-0.39, 0.29) is 11.2 Å². The highest BCUT2D eigenvalue weighted by atomic mass is 32.2. The standard InChI is InChI=1S/C18H19FN2O2S/c19-15-4-2-14(3-5-15)16-12-21-17(23-16)24-11-1-6-18(13-20)7-9-22-10-8-18/h2-5,12H,1,6-11H2. The maximum Gasteiger partial charge on any atom is 0.256 e. The predicted molar refractivity (Wildman–Crippen MR) is 90.0 cm³/mol. The summed E-state index contributed by atoms with van der Waals surface area (Å²) in [5.74, 6) is 1.22. The third-order valence-electron chi connectivity index (χ3n) is 4.33. The van der Waals surface area contributed by atoms with E-state index in [2.05, 4.69) is 11.1 Å². The highest BCUT2D eigenvalue weighted by Crippen LogP contribution is 2.35. The van der Waals surface area contributed by atoms with Crippen LogP contribution in [0, 0.1) is 22.6 Å². The van der Waals surface area contributed by atoms with Gasteiger partial charge in [-0.1, -0.05) is 11.8 Å². The monoisotopic (exact) mass is 346 g/mol. The van der Waals surface area contributed by atoms with Crippen molar-refractivity contribution in [1.82, 2.24) is 4.98 Å². The number of halogens is 1. The fraction of sp³-hybridized carbons (Fsp3) is 0.444. The molecule has 0 saturated carbocycles. The van der Waals surface area contributed by atoms with Gasteiger partial charge in [-0.2, -0.15) is 5.26 Å². The highest BCUT2D eigenvalue weighted by molar-refractivity contribution is 7.99. The zero-order valence-corrected chi connectivity index (χ0v) is 14.2. The maximum absolute atomic E-state index is 12.9. The Morgan fingerprint density at radius 2 is 2.00 bits per heavy atom. The van der Waals surface area contributed by atoms with Gasteiger partial charge in [-0.25, -0.2) is 9.37 Å².